The molecule has 0 aromatic heterocycles. The molecule has 5 nitrogen and oxygen atoms in total. The van der Waals surface area contributed by atoms with Crippen LogP contribution in [0.2, 0.25) is 5.02 Å². The molecule has 3 aromatic rings. The number of anilines is 1. The Bertz CT molecular complexity index is 1210. The number of halogens is 1. The van der Waals surface area contributed by atoms with E-state index >= 15 is 0 Å². The van der Waals surface area contributed by atoms with Gasteiger partial charge < -0.3 is 9.84 Å². The maximum atomic E-state index is 13.4. The Morgan fingerprint density at radius 2 is 1.66 bits per heavy atom. The molecule has 1 aliphatic rings. The summed E-state index contributed by atoms with van der Waals surface area (Å²) >= 11 is 6.04. The number of carboxylic acid groups (broad SMARTS) is 1. The predicted octanol–water partition coefficient (Wildman–Crippen LogP) is 5.91. The van der Waals surface area contributed by atoms with Gasteiger partial charge in [0.2, 0.25) is 0 Å². The fourth-order valence-electron chi connectivity index (χ4n) is 3.46. The number of ether oxygens (including phenoxy) is 1. The maximum Gasteiger partial charge on any atom is 0.335 e. The number of aromatic carboxylic acids is 1. The van der Waals surface area contributed by atoms with E-state index in [1.165, 1.54) is 12.1 Å². The highest BCUT2D eigenvalue weighted by atomic mass is 35.5. The van der Waals surface area contributed by atoms with Crippen molar-refractivity contribution in [3.63, 3.8) is 0 Å². The molecule has 0 fully saturated rings. The van der Waals surface area contributed by atoms with Gasteiger partial charge in [-0.2, -0.15) is 0 Å². The van der Waals surface area contributed by atoms with E-state index in [9.17, 15) is 14.7 Å². The highest BCUT2D eigenvalue weighted by Gasteiger charge is 2.30. The highest BCUT2D eigenvalue weighted by Crippen LogP contribution is 2.35. The van der Waals surface area contributed by atoms with Crippen LogP contribution in [0.3, 0.4) is 0 Å². The van der Waals surface area contributed by atoms with Gasteiger partial charge in [0.25, 0.3) is 5.91 Å². The average Bonchev–Trinajstić information content (AvgIpc) is 3.11. The first-order valence-electron chi connectivity index (χ1n) is 10.1. The van der Waals surface area contributed by atoms with Gasteiger partial charge in [0, 0.05) is 16.3 Å². The largest absolute Gasteiger partial charge is 0.494 e. The second-order valence-electron chi connectivity index (χ2n) is 7.13. The quantitative estimate of drug-likeness (QED) is 0.479. The molecular weight excluding hydrogens is 426 g/mol. The SMILES string of the molecule is CCOc1ccc(/C=C2\C=C(c3ccc(Cl)cc3)N(c3ccc(C(=O)O)cc3)C2=O)cc1. The molecule has 1 N–H and O–H groups in total. The lowest BCUT2D eigenvalue weighted by Gasteiger charge is -2.21. The number of carbonyl (C=O) groups is 2. The summed E-state index contributed by atoms with van der Waals surface area (Å²) in [7, 11) is 0. The number of amides is 1. The molecule has 0 spiro atoms. The normalized spacial score (nSPS) is 14.6. The number of benzene rings is 3. The molecule has 160 valence electrons. The van der Waals surface area contributed by atoms with E-state index < -0.39 is 5.97 Å². The lowest BCUT2D eigenvalue weighted by Crippen LogP contribution is -2.25. The zero-order valence-corrected chi connectivity index (χ0v) is 18.0. The van der Waals surface area contributed by atoms with Crippen molar-refractivity contribution in [3.8, 4) is 5.75 Å². The van der Waals surface area contributed by atoms with Crippen LogP contribution >= 0.6 is 11.6 Å². The van der Waals surface area contributed by atoms with Crippen molar-refractivity contribution in [1.29, 1.82) is 0 Å². The summed E-state index contributed by atoms with van der Waals surface area (Å²) in [5.41, 5.74) is 3.62. The van der Waals surface area contributed by atoms with Crippen LogP contribution in [-0.2, 0) is 4.79 Å². The van der Waals surface area contributed by atoms with Gasteiger partial charge in [-0.15, -0.1) is 0 Å². The molecule has 3 aromatic carbocycles. The Labute approximate surface area is 190 Å². The maximum absolute atomic E-state index is 13.4. The summed E-state index contributed by atoms with van der Waals surface area (Å²) in [6, 6.07) is 21.0. The van der Waals surface area contributed by atoms with Crippen LogP contribution < -0.4 is 9.64 Å². The van der Waals surface area contributed by atoms with Gasteiger partial charge in [0.05, 0.1) is 17.9 Å². The van der Waals surface area contributed by atoms with E-state index in [-0.39, 0.29) is 11.5 Å². The number of carbonyl (C=O) groups excluding carboxylic acids is 1. The molecule has 1 heterocycles. The Kier molecular flexibility index (Phi) is 6.10. The first-order chi connectivity index (χ1) is 15.5. The van der Waals surface area contributed by atoms with Crippen LogP contribution in [0.15, 0.2) is 84.4 Å². The van der Waals surface area contributed by atoms with E-state index in [0.717, 1.165) is 16.9 Å². The molecular formula is C26H20ClNO4. The lowest BCUT2D eigenvalue weighted by atomic mass is 10.1. The van der Waals surface area contributed by atoms with E-state index in [4.69, 9.17) is 16.3 Å². The second-order valence-corrected chi connectivity index (χ2v) is 7.57. The van der Waals surface area contributed by atoms with E-state index in [2.05, 4.69) is 0 Å². The molecule has 0 radical (unpaired) electrons. The van der Waals surface area contributed by atoms with Crippen LogP contribution in [0, 0.1) is 0 Å². The highest BCUT2D eigenvalue weighted by molar-refractivity contribution is 6.30. The van der Waals surface area contributed by atoms with Crippen LogP contribution in [0.4, 0.5) is 5.69 Å². The topological polar surface area (TPSA) is 66.8 Å². The van der Waals surface area contributed by atoms with Gasteiger partial charge in [-0.05, 0) is 78.7 Å². The minimum atomic E-state index is -1.02. The number of carboxylic acids is 1. The van der Waals surface area contributed by atoms with E-state index in [1.54, 1.807) is 29.2 Å². The predicted molar refractivity (Wildman–Crippen MR) is 126 cm³/mol. The Hall–Kier alpha value is -3.83. The molecule has 1 aliphatic heterocycles. The van der Waals surface area contributed by atoms with Crippen molar-refractivity contribution >= 4 is 40.9 Å². The molecule has 0 atom stereocenters. The summed E-state index contributed by atoms with van der Waals surface area (Å²) in [6.07, 6.45) is 3.65. The standard InChI is InChI=1S/C26H20ClNO4/c1-2-32-23-13-3-17(4-14-23)15-20-16-24(18-5-9-21(27)10-6-18)28(25(20)29)22-11-7-19(8-12-22)26(30)31/h3-16H,2H2,1H3,(H,30,31)/b20-15+. The fourth-order valence-corrected chi connectivity index (χ4v) is 3.59. The Morgan fingerprint density at radius 1 is 1.00 bits per heavy atom. The third kappa shape index (κ3) is 4.43. The van der Waals surface area contributed by atoms with Crippen LogP contribution in [0.1, 0.15) is 28.4 Å². The third-order valence-corrected chi connectivity index (χ3v) is 5.26. The number of nitrogens with zero attached hydrogens (tertiary/aromatic N) is 1. The van der Waals surface area contributed by atoms with Crippen molar-refractivity contribution < 1.29 is 19.4 Å². The Balaban J connectivity index is 1.75. The number of rotatable bonds is 6. The van der Waals surface area contributed by atoms with Crippen molar-refractivity contribution in [2.75, 3.05) is 11.5 Å². The average molecular weight is 446 g/mol. The van der Waals surface area contributed by atoms with Gasteiger partial charge in [-0.1, -0.05) is 35.9 Å². The summed E-state index contributed by atoms with van der Waals surface area (Å²) in [5, 5.41) is 9.78. The Morgan fingerprint density at radius 3 is 2.25 bits per heavy atom. The first kappa shape index (κ1) is 21.4. The molecule has 0 unspecified atom stereocenters. The molecule has 0 aliphatic carbocycles. The van der Waals surface area contributed by atoms with Gasteiger partial charge >= 0.3 is 5.97 Å². The smallest absolute Gasteiger partial charge is 0.335 e. The second kappa shape index (κ2) is 9.12. The fraction of sp³-hybridized carbons (Fsp3) is 0.0769. The van der Waals surface area contributed by atoms with Crippen molar-refractivity contribution in [2.24, 2.45) is 0 Å². The minimum absolute atomic E-state index is 0.155. The molecule has 0 bridgehead atoms. The summed E-state index contributed by atoms with van der Waals surface area (Å²) in [5.74, 6) is -0.453. The van der Waals surface area contributed by atoms with Gasteiger partial charge in [0.15, 0.2) is 0 Å². The van der Waals surface area contributed by atoms with Crippen LogP contribution in [-0.4, -0.2) is 23.6 Å². The molecule has 6 heteroatoms. The summed E-state index contributed by atoms with van der Waals surface area (Å²) in [4.78, 5) is 26.2. The molecule has 0 saturated carbocycles. The molecule has 32 heavy (non-hydrogen) atoms. The van der Waals surface area contributed by atoms with Crippen molar-refractivity contribution in [1.82, 2.24) is 0 Å². The van der Waals surface area contributed by atoms with E-state index in [1.807, 2.05) is 55.5 Å². The van der Waals surface area contributed by atoms with E-state index in [0.29, 0.717) is 28.6 Å². The number of hydrogen-bond acceptors (Lipinski definition) is 3. The van der Waals surface area contributed by atoms with Gasteiger partial charge in [0.1, 0.15) is 5.75 Å². The molecule has 4 rings (SSSR count). The van der Waals surface area contributed by atoms with Crippen LogP contribution in [0.25, 0.3) is 11.8 Å². The zero-order valence-electron chi connectivity index (χ0n) is 17.3. The number of hydrogen-bond donors (Lipinski definition) is 1. The van der Waals surface area contributed by atoms with Gasteiger partial charge in [-0.25, -0.2) is 4.79 Å². The zero-order chi connectivity index (χ0) is 22.7. The lowest BCUT2D eigenvalue weighted by molar-refractivity contribution is -0.113. The molecule has 0 saturated heterocycles. The van der Waals surface area contributed by atoms with Crippen LogP contribution in [0.5, 0.6) is 5.75 Å². The first-order valence-corrected chi connectivity index (χ1v) is 10.4. The van der Waals surface area contributed by atoms with Crippen molar-refractivity contribution in [3.05, 3.63) is 106 Å². The monoisotopic (exact) mass is 445 g/mol. The molecule has 1 amide bonds. The summed E-state index contributed by atoms with van der Waals surface area (Å²) < 4.78 is 5.48. The minimum Gasteiger partial charge on any atom is -0.494 e. The van der Waals surface area contributed by atoms with Gasteiger partial charge in [-0.3, -0.25) is 9.69 Å². The van der Waals surface area contributed by atoms with Crippen molar-refractivity contribution in [2.45, 2.75) is 6.92 Å². The third-order valence-electron chi connectivity index (χ3n) is 5.01. The summed E-state index contributed by atoms with van der Waals surface area (Å²) in [6.45, 7) is 2.51.